The number of amides is 1. The van der Waals surface area contributed by atoms with Gasteiger partial charge in [-0.1, -0.05) is 27.4 Å². The number of rotatable bonds is 3. The first-order valence-electron chi connectivity index (χ1n) is 11.5. The van der Waals surface area contributed by atoms with Crippen LogP contribution in [0.2, 0.25) is 18.1 Å². The molecule has 2 saturated carbocycles. The molecule has 1 saturated heterocycles. The molecule has 1 heterocycles. The summed E-state index contributed by atoms with van der Waals surface area (Å²) >= 11 is 0. The Morgan fingerprint density at radius 3 is 2.37 bits per heavy atom. The maximum atomic E-state index is 12.9. The molecule has 5 nitrogen and oxygen atoms in total. The summed E-state index contributed by atoms with van der Waals surface area (Å²) in [5.74, 6) is 0. The Bertz CT molecular complexity index is 722. The van der Waals surface area contributed by atoms with Crippen LogP contribution in [0.15, 0.2) is 12.2 Å². The number of nitrogens with zero attached hydrogens (tertiary/aromatic N) is 1. The average molecular weight is 438 g/mol. The fourth-order valence-corrected chi connectivity index (χ4v) is 6.51. The fraction of sp³-hybridized carbons (Fsp3) is 0.875. The van der Waals surface area contributed by atoms with E-state index in [9.17, 15) is 9.90 Å². The van der Waals surface area contributed by atoms with Crippen LogP contribution in [0.3, 0.4) is 0 Å². The number of aliphatic hydroxyl groups is 1. The quantitative estimate of drug-likeness (QED) is 0.468. The first kappa shape index (κ1) is 23.8. The summed E-state index contributed by atoms with van der Waals surface area (Å²) in [5, 5.41) is 11.3. The Kier molecular flexibility index (Phi) is 5.61. The predicted octanol–water partition coefficient (Wildman–Crippen LogP) is 5.50. The second-order valence-electron chi connectivity index (χ2n) is 12.8. The van der Waals surface area contributed by atoms with Crippen molar-refractivity contribution < 1.29 is 19.1 Å². The van der Waals surface area contributed by atoms with Crippen molar-refractivity contribution in [3.05, 3.63) is 12.2 Å². The van der Waals surface area contributed by atoms with Crippen molar-refractivity contribution in [3.8, 4) is 0 Å². The lowest BCUT2D eigenvalue weighted by molar-refractivity contribution is -0.130. The van der Waals surface area contributed by atoms with Crippen LogP contribution in [0.25, 0.3) is 0 Å². The topological polar surface area (TPSA) is 59.0 Å². The minimum absolute atomic E-state index is 0.0437. The predicted molar refractivity (Wildman–Crippen MR) is 123 cm³/mol. The van der Waals surface area contributed by atoms with Crippen LogP contribution in [0, 0.1) is 10.8 Å². The van der Waals surface area contributed by atoms with Gasteiger partial charge in [-0.15, -0.1) is 0 Å². The van der Waals surface area contributed by atoms with Crippen molar-refractivity contribution in [2.45, 2.75) is 103 Å². The zero-order chi connectivity index (χ0) is 22.8. The molecule has 3 fully saturated rings. The molecule has 30 heavy (non-hydrogen) atoms. The van der Waals surface area contributed by atoms with Gasteiger partial charge in [0.25, 0.3) is 0 Å². The molecule has 2 aliphatic carbocycles. The summed E-state index contributed by atoms with van der Waals surface area (Å²) in [5.41, 5.74) is -0.483. The van der Waals surface area contributed by atoms with E-state index >= 15 is 0 Å². The molecule has 1 amide bonds. The molecule has 3 rings (SSSR count). The number of carbonyl (C=O) groups excluding carboxylic acids is 1. The standard InChI is InChI=1S/C24H43NO4Si/c1-18-14-22-12-13-25(19(26)29-20(2,3)4)16-23(22,10-11-24(18,27)15-22)17-28-30(8,9)21(5,6)7/h27H,1,10-17H2,2-9H3/t22-,23+,24-/m0/s1. The summed E-state index contributed by atoms with van der Waals surface area (Å²) in [6.45, 7) is 23.3. The van der Waals surface area contributed by atoms with Crippen LogP contribution in [0.5, 0.6) is 0 Å². The van der Waals surface area contributed by atoms with E-state index in [4.69, 9.17) is 9.16 Å². The van der Waals surface area contributed by atoms with E-state index in [1.807, 2.05) is 25.7 Å². The van der Waals surface area contributed by atoms with E-state index in [2.05, 4.69) is 40.4 Å². The Balaban J connectivity index is 1.90. The Morgan fingerprint density at radius 2 is 1.80 bits per heavy atom. The number of hydrogen-bond donors (Lipinski definition) is 1. The van der Waals surface area contributed by atoms with Gasteiger partial charge in [0, 0.05) is 25.1 Å². The highest BCUT2D eigenvalue weighted by Gasteiger charge is 2.66. The van der Waals surface area contributed by atoms with Gasteiger partial charge in [0.15, 0.2) is 8.32 Å². The molecule has 0 aromatic carbocycles. The van der Waals surface area contributed by atoms with Crippen molar-refractivity contribution in [1.82, 2.24) is 4.90 Å². The van der Waals surface area contributed by atoms with Crippen LogP contribution < -0.4 is 0 Å². The highest BCUT2D eigenvalue weighted by molar-refractivity contribution is 6.74. The van der Waals surface area contributed by atoms with Gasteiger partial charge in [0.05, 0.1) is 5.60 Å². The molecule has 0 radical (unpaired) electrons. The van der Waals surface area contributed by atoms with Crippen molar-refractivity contribution in [3.63, 3.8) is 0 Å². The van der Waals surface area contributed by atoms with E-state index in [0.29, 0.717) is 26.1 Å². The Morgan fingerprint density at radius 1 is 1.17 bits per heavy atom. The molecular weight excluding hydrogens is 394 g/mol. The minimum Gasteiger partial charge on any atom is -0.444 e. The SMILES string of the molecule is C=C1C[C@]23CCN(C(=O)OC(C)(C)C)C[C@@]2(CO[Si](C)(C)C(C)(C)C)CC[C@]1(O)C3. The van der Waals surface area contributed by atoms with Crippen LogP contribution in [0.4, 0.5) is 4.79 Å². The molecule has 0 aromatic heterocycles. The molecule has 1 aliphatic heterocycles. The van der Waals surface area contributed by atoms with Gasteiger partial charge in [0.2, 0.25) is 0 Å². The van der Waals surface area contributed by atoms with Gasteiger partial charge in [-0.25, -0.2) is 4.79 Å². The van der Waals surface area contributed by atoms with E-state index in [0.717, 1.165) is 31.3 Å². The first-order valence-corrected chi connectivity index (χ1v) is 14.4. The fourth-order valence-electron chi connectivity index (χ4n) is 5.44. The second-order valence-corrected chi connectivity index (χ2v) is 17.6. The van der Waals surface area contributed by atoms with E-state index < -0.39 is 19.5 Å². The van der Waals surface area contributed by atoms with Crippen molar-refractivity contribution >= 4 is 14.4 Å². The van der Waals surface area contributed by atoms with Gasteiger partial charge in [-0.3, -0.25) is 0 Å². The van der Waals surface area contributed by atoms with Gasteiger partial charge in [-0.05, 0) is 82.0 Å². The van der Waals surface area contributed by atoms with Crippen molar-refractivity contribution in [2.24, 2.45) is 10.8 Å². The zero-order valence-corrected chi connectivity index (χ0v) is 21.5. The van der Waals surface area contributed by atoms with Crippen LogP contribution in [0.1, 0.15) is 73.6 Å². The normalized spacial score (nSPS) is 34.7. The Labute approximate surface area is 184 Å². The van der Waals surface area contributed by atoms with Gasteiger partial charge >= 0.3 is 6.09 Å². The molecule has 2 bridgehead atoms. The largest absolute Gasteiger partial charge is 0.444 e. The van der Waals surface area contributed by atoms with Crippen LogP contribution >= 0.6 is 0 Å². The molecule has 3 atom stereocenters. The number of carbonyl (C=O) groups is 1. The third-order valence-corrected chi connectivity index (χ3v) is 13.0. The number of piperidine rings is 1. The van der Waals surface area contributed by atoms with Gasteiger partial charge < -0.3 is 19.2 Å². The second kappa shape index (κ2) is 7.07. The molecule has 3 aliphatic rings. The number of ether oxygens (including phenoxy) is 1. The van der Waals surface area contributed by atoms with E-state index in [1.165, 1.54) is 0 Å². The van der Waals surface area contributed by atoms with Crippen molar-refractivity contribution in [2.75, 3.05) is 19.7 Å². The van der Waals surface area contributed by atoms with E-state index in [-0.39, 0.29) is 22.0 Å². The number of hydrogen-bond acceptors (Lipinski definition) is 4. The maximum absolute atomic E-state index is 12.9. The summed E-state index contributed by atoms with van der Waals surface area (Å²) in [7, 11) is -1.95. The highest BCUT2D eigenvalue weighted by atomic mass is 28.4. The lowest BCUT2D eigenvalue weighted by atomic mass is 9.53. The lowest BCUT2D eigenvalue weighted by Crippen LogP contribution is -2.62. The summed E-state index contributed by atoms with van der Waals surface area (Å²) in [6, 6.07) is 0. The number of fused-ring (bicyclic) bond motifs is 1. The lowest BCUT2D eigenvalue weighted by Gasteiger charge is -2.58. The molecule has 1 N–H and O–H groups in total. The molecular formula is C24H43NO4Si. The van der Waals surface area contributed by atoms with Crippen LogP contribution in [-0.4, -0.2) is 55.3 Å². The highest BCUT2D eigenvalue weighted by Crippen LogP contribution is 2.67. The maximum Gasteiger partial charge on any atom is 0.410 e. The van der Waals surface area contributed by atoms with Gasteiger partial charge in [0.1, 0.15) is 5.60 Å². The first-order chi connectivity index (χ1) is 13.4. The Hall–Kier alpha value is -0.853. The zero-order valence-electron chi connectivity index (χ0n) is 20.5. The molecule has 172 valence electrons. The summed E-state index contributed by atoms with van der Waals surface area (Å²) < 4.78 is 12.5. The monoisotopic (exact) mass is 437 g/mol. The van der Waals surface area contributed by atoms with Crippen LogP contribution in [-0.2, 0) is 9.16 Å². The smallest absolute Gasteiger partial charge is 0.410 e. The third kappa shape index (κ3) is 4.00. The van der Waals surface area contributed by atoms with Crippen molar-refractivity contribution in [1.29, 1.82) is 0 Å². The molecule has 6 heteroatoms. The summed E-state index contributed by atoms with van der Waals surface area (Å²) in [4.78, 5) is 14.8. The summed E-state index contributed by atoms with van der Waals surface area (Å²) in [6.07, 6.45) is 3.79. The van der Waals surface area contributed by atoms with E-state index in [1.54, 1.807) is 0 Å². The third-order valence-electron chi connectivity index (χ3n) is 8.50. The average Bonchev–Trinajstić information content (AvgIpc) is 2.78. The molecule has 0 unspecified atom stereocenters. The molecule has 0 aromatic rings. The molecule has 1 spiro atoms. The van der Waals surface area contributed by atoms with Gasteiger partial charge in [-0.2, -0.15) is 0 Å². The number of likely N-dealkylation sites (tertiary alicyclic amines) is 1. The minimum atomic E-state index is -1.95.